The third-order valence-electron chi connectivity index (χ3n) is 2.56. The molecule has 0 aliphatic rings. The third-order valence-corrected chi connectivity index (χ3v) is 2.56. The number of nitrogens with zero attached hydrogens (tertiary/aromatic N) is 1. The van der Waals surface area contributed by atoms with Gasteiger partial charge in [0.2, 0.25) is 5.88 Å². The normalized spacial score (nSPS) is 11.2. The molecule has 1 N–H and O–H groups in total. The molecule has 3 heteroatoms. The van der Waals surface area contributed by atoms with Gasteiger partial charge in [-0.1, -0.05) is 27.7 Å². The van der Waals surface area contributed by atoms with Crippen LogP contribution in [0, 0.1) is 5.92 Å². The van der Waals surface area contributed by atoms with Gasteiger partial charge >= 0.3 is 0 Å². The van der Waals surface area contributed by atoms with Crippen LogP contribution in [0.2, 0.25) is 0 Å². The summed E-state index contributed by atoms with van der Waals surface area (Å²) in [6, 6.07) is 4.15. The first kappa shape index (κ1) is 14.0. The molecule has 0 saturated carbocycles. The SMILES string of the molecule is COc1cc(CNCC(C)C)cc(C(C)C)n1. The molecule has 0 spiro atoms. The van der Waals surface area contributed by atoms with E-state index in [-0.39, 0.29) is 0 Å². The molecule has 1 heterocycles. The predicted molar refractivity (Wildman–Crippen MR) is 71.4 cm³/mol. The Kier molecular flexibility index (Phi) is 5.42. The van der Waals surface area contributed by atoms with Gasteiger partial charge in [0.1, 0.15) is 0 Å². The largest absolute Gasteiger partial charge is 0.481 e. The Bertz CT molecular complexity index is 348. The summed E-state index contributed by atoms with van der Waals surface area (Å²) in [4.78, 5) is 4.44. The van der Waals surface area contributed by atoms with Gasteiger partial charge < -0.3 is 10.1 Å². The number of methoxy groups -OCH3 is 1. The van der Waals surface area contributed by atoms with Crippen molar-refractivity contribution in [1.82, 2.24) is 10.3 Å². The Morgan fingerprint density at radius 1 is 1.24 bits per heavy atom. The Morgan fingerprint density at radius 2 is 1.94 bits per heavy atom. The molecule has 1 aromatic rings. The molecule has 3 nitrogen and oxygen atoms in total. The van der Waals surface area contributed by atoms with Crippen LogP contribution in [0.5, 0.6) is 5.88 Å². The van der Waals surface area contributed by atoms with Gasteiger partial charge in [-0.15, -0.1) is 0 Å². The standard InChI is InChI=1S/C14H24N2O/c1-10(2)8-15-9-12-6-13(11(3)4)16-14(7-12)17-5/h6-7,10-11,15H,8-9H2,1-5H3. The molecule has 0 bridgehead atoms. The topological polar surface area (TPSA) is 34.1 Å². The zero-order valence-corrected chi connectivity index (χ0v) is 11.6. The van der Waals surface area contributed by atoms with Crippen molar-refractivity contribution in [2.75, 3.05) is 13.7 Å². The number of hydrogen-bond acceptors (Lipinski definition) is 3. The van der Waals surface area contributed by atoms with Gasteiger partial charge in [0.05, 0.1) is 7.11 Å². The van der Waals surface area contributed by atoms with Crippen LogP contribution in [-0.2, 0) is 6.54 Å². The lowest BCUT2D eigenvalue weighted by Gasteiger charge is -2.12. The highest BCUT2D eigenvalue weighted by Crippen LogP contribution is 2.18. The van der Waals surface area contributed by atoms with Gasteiger partial charge in [-0.3, -0.25) is 0 Å². The van der Waals surface area contributed by atoms with Gasteiger partial charge in [0, 0.05) is 18.3 Å². The second-order valence-electron chi connectivity index (χ2n) is 5.12. The molecule has 0 amide bonds. The van der Waals surface area contributed by atoms with Crippen molar-refractivity contribution >= 4 is 0 Å². The highest BCUT2D eigenvalue weighted by Gasteiger charge is 2.06. The van der Waals surface area contributed by atoms with Crippen LogP contribution in [0.15, 0.2) is 12.1 Å². The summed E-state index contributed by atoms with van der Waals surface area (Å²) in [6.45, 7) is 10.6. The van der Waals surface area contributed by atoms with Crippen LogP contribution in [0.4, 0.5) is 0 Å². The van der Waals surface area contributed by atoms with Crippen LogP contribution in [0.25, 0.3) is 0 Å². The second-order valence-corrected chi connectivity index (χ2v) is 5.12. The van der Waals surface area contributed by atoms with E-state index in [2.05, 4.69) is 44.1 Å². The maximum Gasteiger partial charge on any atom is 0.213 e. The van der Waals surface area contributed by atoms with Crippen molar-refractivity contribution in [3.8, 4) is 5.88 Å². The van der Waals surface area contributed by atoms with E-state index in [0.717, 1.165) is 18.8 Å². The van der Waals surface area contributed by atoms with Crippen molar-refractivity contribution in [2.45, 2.75) is 40.2 Å². The minimum absolute atomic E-state index is 0.425. The molecule has 0 unspecified atom stereocenters. The van der Waals surface area contributed by atoms with Gasteiger partial charge in [0.15, 0.2) is 0 Å². The second kappa shape index (κ2) is 6.60. The van der Waals surface area contributed by atoms with E-state index in [1.54, 1.807) is 7.11 Å². The van der Waals surface area contributed by atoms with E-state index in [1.165, 1.54) is 5.56 Å². The van der Waals surface area contributed by atoms with E-state index in [0.29, 0.717) is 17.7 Å². The highest BCUT2D eigenvalue weighted by atomic mass is 16.5. The zero-order valence-electron chi connectivity index (χ0n) is 11.6. The minimum atomic E-state index is 0.425. The molecule has 0 aromatic carbocycles. The number of aromatic nitrogens is 1. The van der Waals surface area contributed by atoms with Crippen molar-refractivity contribution in [3.05, 3.63) is 23.4 Å². The molecule has 0 aliphatic carbocycles. The molecule has 96 valence electrons. The first-order chi connectivity index (χ1) is 8.02. The number of rotatable bonds is 6. The molecule has 0 aliphatic heterocycles. The summed E-state index contributed by atoms with van der Waals surface area (Å²) >= 11 is 0. The molecule has 0 radical (unpaired) electrons. The smallest absolute Gasteiger partial charge is 0.213 e. The van der Waals surface area contributed by atoms with E-state index in [4.69, 9.17) is 4.74 Å². The van der Waals surface area contributed by atoms with Gasteiger partial charge in [-0.2, -0.15) is 0 Å². The minimum Gasteiger partial charge on any atom is -0.481 e. The zero-order chi connectivity index (χ0) is 12.8. The fraction of sp³-hybridized carbons (Fsp3) is 0.643. The number of hydrogen-bond donors (Lipinski definition) is 1. The maximum absolute atomic E-state index is 5.23. The predicted octanol–water partition coefficient (Wildman–Crippen LogP) is 2.96. The van der Waals surface area contributed by atoms with Crippen molar-refractivity contribution in [2.24, 2.45) is 5.92 Å². The Balaban J connectivity index is 2.73. The van der Waals surface area contributed by atoms with E-state index >= 15 is 0 Å². The fourth-order valence-corrected chi connectivity index (χ4v) is 1.59. The third kappa shape index (κ3) is 4.73. The first-order valence-electron chi connectivity index (χ1n) is 6.28. The molecule has 17 heavy (non-hydrogen) atoms. The van der Waals surface area contributed by atoms with Gasteiger partial charge in [0.25, 0.3) is 0 Å². The lowest BCUT2D eigenvalue weighted by molar-refractivity contribution is 0.394. The average Bonchev–Trinajstić information content (AvgIpc) is 2.28. The quantitative estimate of drug-likeness (QED) is 0.824. The van der Waals surface area contributed by atoms with E-state index < -0.39 is 0 Å². The van der Waals surface area contributed by atoms with Gasteiger partial charge in [-0.05, 0) is 30.0 Å². The molecular weight excluding hydrogens is 212 g/mol. The van der Waals surface area contributed by atoms with Crippen LogP contribution < -0.4 is 10.1 Å². The molecule has 0 fully saturated rings. The van der Waals surface area contributed by atoms with Crippen LogP contribution in [0.1, 0.15) is 44.9 Å². The number of ether oxygens (including phenoxy) is 1. The average molecular weight is 236 g/mol. The lowest BCUT2D eigenvalue weighted by Crippen LogP contribution is -2.19. The maximum atomic E-state index is 5.23. The summed E-state index contributed by atoms with van der Waals surface area (Å²) in [6.07, 6.45) is 0. The molecule has 1 aromatic heterocycles. The summed E-state index contributed by atoms with van der Waals surface area (Å²) < 4.78 is 5.23. The molecular formula is C14H24N2O. The van der Waals surface area contributed by atoms with E-state index in [9.17, 15) is 0 Å². The highest BCUT2D eigenvalue weighted by molar-refractivity contribution is 5.26. The van der Waals surface area contributed by atoms with Crippen LogP contribution >= 0.6 is 0 Å². The molecule has 0 atom stereocenters. The summed E-state index contributed by atoms with van der Waals surface area (Å²) in [7, 11) is 1.66. The van der Waals surface area contributed by atoms with Crippen molar-refractivity contribution in [1.29, 1.82) is 0 Å². The first-order valence-corrected chi connectivity index (χ1v) is 6.28. The van der Waals surface area contributed by atoms with Crippen LogP contribution in [-0.4, -0.2) is 18.6 Å². The van der Waals surface area contributed by atoms with Gasteiger partial charge in [-0.25, -0.2) is 4.98 Å². The van der Waals surface area contributed by atoms with Crippen molar-refractivity contribution < 1.29 is 4.74 Å². The summed E-state index contributed by atoms with van der Waals surface area (Å²) in [5.41, 5.74) is 2.33. The summed E-state index contributed by atoms with van der Waals surface area (Å²) in [5, 5.41) is 3.44. The van der Waals surface area contributed by atoms with E-state index in [1.807, 2.05) is 6.07 Å². The van der Waals surface area contributed by atoms with Crippen LogP contribution in [0.3, 0.4) is 0 Å². The molecule has 0 saturated heterocycles. The Morgan fingerprint density at radius 3 is 2.47 bits per heavy atom. The fourth-order valence-electron chi connectivity index (χ4n) is 1.59. The molecule has 1 rings (SSSR count). The Hall–Kier alpha value is -1.09. The Labute approximate surface area is 105 Å². The lowest BCUT2D eigenvalue weighted by atomic mass is 10.1. The summed E-state index contributed by atoms with van der Waals surface area (Å²) in [5.74, 6) is 1.80. The number of nitrogens with one attached hydrogen (secondary N) is 1. The monoisotopic (exact) mass is 236 g/mol. The number of pyridine rings is 1. The van der Waals surface area contributed by atoms with Crippen molar-refractivity contribution in [3.63, 3.8) is 0 Å².